The lowest BCUT2D eigenvalue weighted by Crippen LogP contribution is -2.17. The molecule has 6 nitrogen and oxygen atoms in total. The van der Waals surface area contributed by atoms with E-state index >= 15 is 0 Å². The van der Waals surface area contributed by atoms with Crippen molar-refractivity contribution in [1.82, 2.24) is 9.38 Å². The number of methoxy groups -OCH3 is 1. The Kier molecular flexibility index (Phi) is 4.12. The Morgan fingerprint density at radius 2 is 2.04 bits per heavy atom. The molecule has 118 valence electrons. The van der Waals surface area contributed by atoms with Crippen LogP contribution in [-0.4, -0.2) is 29.1 Å². The number of aromatic nitrogens is 2. The highest BCUT2D eigenvalue weighted by molar-refractivity contribution is 7.15. The molecule has 1 aromatic carbocycles. The summed E-state index contributed by atoms with van der Waals surface area (Å²) in [6.45, 7) is 1.95. The predicted octanol–water partition coefficient (Wildman–Crippen LogP) is 2.61. The SMILES string of the molecule is CCOC(=O)c1cc(=O)nc2scc(-c3ccc(OC)cc3)n12. The number of hydrogen-bond acceptors (Lipinski definition) is 6. The highest BCUT2D eigenvalue weighted by Crippen LogP contribution is 2.27. The van der Waals surface area contributed by atoms with E-state index in [-0.39, 0.29) is 12.3 Å². The number of carbonyl (C=O) groups is 1. The number of benzene rings is 1. The van der Waals surface area contributed by atoms with E-state index in [9.17, 15) is 9.59 Å². The Morgan fingerprint density at radius 1 is 1.30 bits per heavy atom. The fourth-order valence-electron chi connectivity index (χ4n) is 2.25. The van der Waals surface area contributed by atoms with E-state index in [1.165, 1.54) is 17.4 Å². The molecule has 0 fully saturated rings. The van der Waals surface area contributed by atoms with Gasteiger partial charge in [0.05, 0.1) is 19.4 Å². The lowest BCUT2D eigenvalue weighted by atomic mass is 10.1. The van der Waals surface area contributed by atoms with Gasteiger partial charge in [-0.25, -0.2) is 4.79 Å². The summed E-state index contributed by atoms with van der Waals surface area (Å²) in [6.07, 6.45) is 0. The molecule has 0 radical (unpaired) electrons. The van der Waals surface area contributed by atoms with Gasteiger partial charge >= 0.3 is 5.97 Å². The number of carbonyl (C=O) groups excluding carboxylic acids is 1. The second-order valence-corrected chi connectivity index (χ2v) is 5.50. The van der Waals surface area contributed by atoms with Crippen LogP contribution in [0.5, 0.6) is 5.75 Å². The van der Waals surface area contributed by atoms with E-state index in [4.69, 9.17) is 9.47 Å². The maximum Gasteiger partial charge on any atom is 0.355 e. The van der Waals surface area contributed by atoms with Crippen LogP contribution in [0, 0.1) is 0 Å². The number of ether oxygens (including phenoxy) is 2. The van der Waals surface area contributed by atoms with E-state index in [1.54, 1.807) is 18.4 Å². The minimum atomic E-state index is -0.546. The molecule has 0 aliphatic rings. The van der Waals surface area contributed by atoms with E-state index in [0.29, 0.717) is 4.96 Å². The van der Waals surface area contributed by atoms with Crippen LogP contribution in [0.15, 0.2) is 40.5 Å². The lowest BCUT2D eigenvalue weighted by Gasteiger charge is -2.08. The fourth-order valence-corrected chi connectivity index (χ4v) is 3.15. The molecule has 2 aromatic heterocycles. The lowest BCUT2D eigenvalue weighted by molar-refractivity contribution is 0.0517. The topological polar surface area (TPSA) is 69.9 Å². The van der Waals surface area contributed by atoms with Crippen molar-refractivity contribution in [1.29, 1.82) is 0 Å². The van der Waals surface area contributed by atoms with Crippen molar-refractivity contribution in [3.8, 4) is 17.0 Å². The molecule has 0 unspecified atom stereocenters. The van der Waals surface area contributed by atoms with Gasteiger partial charge in [-0.15, -0.1) is 11.3 Å². The Morgan fingerprint density at radius 3 is 2.70 bits per heavy atom. The highest BCUT2D eigenvalue weighted by Gasteiger charge is 2.17. The summed E-state index contributed by atoms with van der Waals surface area (Å²) in [5, 5.41) is 1.85. The molecular weight excluding hydrogens is 316 g/mol. The number of hydrogen-bond donors (Lipinski definition) is 0. The van der Waals surface area contributed by atoms with Gasteiger partial charge in [0, 0.05) is 11.4 Å². The number of fused-ring (bicyclic) bond motifs is 1. The normalized spacial score (nSPS) is 10.7. The maximum atomic E-state index is 12.2. The largest absolute Gasteiger partial charge is 0.497 e. The number of esters is 1. The summed E-state index contributed by atoms with van der Waals surface area (Å²) in [6, 6.07) is 8.63. The van der Waals surface area contributed by atoms with Crippen molar-refractivity contribution < 1.29 is 14.3 Å². The molecule has 7 heteroatoms. The van der Waals surface area contributed by atoms with Gasteiger partial charge in [-0.1, -0.05) is 0 Å². The molecule has 0 aliphatic heterocycles. The average molecular weight is 330 g/mol. The Labute approximate surface area is 135 Å². The van der Waals surface area contributed by atoms with Crippen molar-refractivity contribution in [3.63, 3.8) is 0 Å². The van der Waals surface area contributed by atoms with Gasteiger partial charge in [0.1, 0.15) is 11.4 Å². The zero-order valence-corrected chi connectivity index (χ0v) is 13.4. The van der Waals surface area contributed by atoms with Crippen molar-refractivity contribution in [2.45, 2.75) is 6.92 Å². The van der Waals surface area contributed by atoms with Crippen molar-refractivity contribution >= 4 is 22.3 Å². The molecular formula is C16H14N2O4S. The Balaban J connectivity index is 2.21. The second kappa shape index (κ2) is 6.21. The molecule has 0 saturated carbocycles. The molecule has 0 atom stereocenters. The first-order chi connectivity index (χ1) is 11.1. The molecule has 0 saturated heterocycles. The molecule has 0 aliphatic carbocycles. The first-order valence-electron chi connectivity index (χ1n) is 6.97. The number of rotatable bonds is 4. The summed E-state index contributed by atoms with van der Waals surface area (Å²) in [5.41, 5.74) is 1.36. The summed E-state index contributed by atoms with van der Waals surface area (Å²) in [5.74, 6) is 0.194. The predicted molar refractivity (Wildman–Crippen MR) is 87.3 cm³/mol. The number of nitrogens with zero attached hydrogens (tertiary/aromatic N) is 2. The average Bonchev–Trinajstić information content (AvgIpc) is 2.98. The summed E-state index contributed by atoms with van der Waals surface area (Å²) >= 11 is 1.30. The molecule has 3 rings (SSSR count). The molecule has 0 spiro atoms. The third kappa shape index (κ3) is 2.83. The molecule has 2 heterocycles. The van der Waals surface area contributed by atoms with Crippen LogP contribution in [0.2, 0.25) is 0 Å². The zero-order valence-electron chi connectivity index (χ0n) is 12.6. The summed E-state index contributed by atoms with van der Waals surface area (Å²) in [4.78, 5) is 28.3. The van der Waals surface area contributed by atoms with Crippen LogP contribution < -0.4 is 10.3 Å². The zero-order chi connectivity index (χ0) is 16.4. The maximum absolute atomic E-state index is 12.2. The first kappa shape index (κ1) is 15.2. The van der Waals surface area contributed by atoms with Crippen LogP contribution >= 0.6 is 11.3 Å². The minimum absolute atomic E-state index is 0.175. The van der Waals surface area contributed by atoms with Crippen LogP contribution in [-0.2, 0) is 4.74 Å². The smallest absolute Gasteiger partial charge is 0.355 e. The van der Waals surface area contributed by atoms with Crippen LogP contribution in [0.4, 0.5) is 0 Å². The van der Waals surface area contributed by atoms with E-state index in [1.807, 2.05) is 29.6 Å². The van der Waals surface area contributed by atoms with E-state index in [2.05, 4.69) is 4.98 Å². The third-order valence-corrected chi connectivity index (χ3v) is 4.11. The van der Waals surface area contributed by atoms with Crippen LogP contribution in [0.1, 0.15) is 17.4 Å². The third-order valence-electron chi connectivity index (χ3n) is 3.29. The van der Waals surface area contributed by atoms with Gasteiger partial charge in [-0.3, -0.25) is 9.20 Å². The molecule has 0 bridgehead atoms. The van der Waals surface area contributed by atoms with Crippen LogP contribution in [0.3, 0.4) is 0 Å². The summed E-state index contributed by atoms with van der Waals surface area (Å²) < 4.78 is 11.8. The van der Waals surface area contributed by atoms with E-state index in [0.717, 1.165) is 17.0 Å². The van der Waals surface area contributed by atoms with Crippen molar-refractivity contribution in [2.24, 2.45) is 0 Å². The molecule has 23 heavy (non-hydrogen) atoms. The Bertz CT molecular complexity index is 912. The van der Waals surface area contributed by atoms with Crippen molar-refractivity contribution in [3.05, 3.63) is 51.8 Å². The van der Waals surface area contributed by atoms with Gasteiger partial charge in [-0.05, 0) is 36.8 Å². The van der Waals surface area contributed by atoms with Crippen LogP contribution in [0.25, 0.3) is 16.2 Å². The summed E-state index contributed by atoms with van der Waals surface area (Å²) in [7, 11) is 1.60. The van der Waals surface area contributed by atoms with Gasteiger partial charge in [0.25, 0.3) is 5.56 Å². The minimum Gasteiger partial charge on any atom is -0.497 e. The monoisotopic (exact) mass is 330 g/mol. The molecule has 0 N–H and O–H groups in total. The molecule has 3 aromatic rings. The first-order valence-corrected chi connectivity index (χ1v) is 7.85. The van der Waals surface area contributed by atoms with Gasteiger partial charge < -0.3 is 9.47 Å². The van der Waals surface area contributed by atoms with Gasteiger partial charge in [0.2, 0.25) is 0 Å². The van der Waals surface area contributed by atoms with E-state index < -0.39 is 11.5 Å². The van der Waals surface area contributed by atoms with Gasteiger partial charge in [-0.2, -0.15) is 4.98 Å². The number of thiazole rings is 1. The Hall–Kier alpha value is -2.67. The van der Waals surface area contributed by atoms with Crippen molar-refractivity contribution in [2.75, 3.05) is 13.7 Å². The standard InChI is InChI=1S/C16H14N2O4S/c1-3-22-15(20)12-8-14(19)17-16-18(12)13(9-23-16)10-4-6-11(21-2)7-5-10/h4-9H,3H2,1-2H3. The second-order valence-electron chi connectivity index (χ2n) is 4.67. The quantitative estimate of drug-likeness (QED) is 0.688. The fraction of sp³-hybridized carbons (Fsp3) is 0.188. The molecule has 0 amide bonds. The highest BCUT2D eigenvalue weighted by atomic mass is 32.1. The van der Waals surface area contributed by atoms with Gasteiger partial charge in [0.15, 0.2) is 4.96 Å².